The van der Waals surface area contributed by atoms with E-state index >= 15 is 0 Å². The molecule has 0 aromatic carbocycles. The predicted octanol–water partition coefficient (Wildman–Crippen LogP) is 3.47. The van der Waals surface area contributed by atoms with Gasteiger partial charge in [0.05, 0.1) is 6.67 Å². The lowest BCUT2D eigenvalue weighted by molar-refractivity contribution is -0.115. The van der Waals surface area contributed by atoms with Crippen LogP contribution in [0.3, 0.4) is 0 Å². The zero-order valence-electron chi connectivity index (χ0n) is 13.3. The minimum absolute atomic E-state index is 0.235. The van der Waals surface area contributed by atoms with E-state index in [4.69, 9.17) is 5.73 Å². The van der Waals surface area contributed by atoms with Gasteiger partial charge in [-0.15, -0.1) is 0 Å². The summed E-state index contributed by atoms with van der Waals surface area (Å²) < 4.78 is 0. The normalized spacial score (nSPS) is 13.8. The highest BCUT2D eigenvalue weighted by molar-refractivity contribution is 5.95. The molecular weight excluding hydrogens is 236 g/mol. The second-order valence-electron chi connectivity index (χ2n) is 5.05. The average Bonchev–Trinajstić information content (AvgIpc) is 2.39. The van der Waals surface area contributed by atoms with Gasteiger partial charge in [0.1, 0.15) is 0 Å². The summed E-state index contributed by atoms with van der Waals surface area (Å²) in [6.07, 6.45) is 2.16. The molecule has 0 saturated heterocycles. The molecule has 1 unspecified atom stereocenters. The number of nitrogens with zero attached hydrogens (tertiary/aromatic N) is 1. The Morgan fingerprint density at radius 2 is 1.84 bits per heavy atom. The lowest BCUT2D eigenvalue weighted by atomic mass is 9.93. The standard InChI is InChI=1S/C16H30N2O/c1-7-14(16(19)8-2)15(18(9-3)11-17)10-13(6)12(4)5/h13H,4,7-11,17H2,1-3,5-6H3. The van der Waals surface area contributed by atoms with Gasteiger partial charge in [-0.25, -0.2) is 0 Å². The van der Waals surface area contributed by atoms with Crippen molar-refractivity contribution in [3.63, 3.8) is 0 Å². The Balaban J connectivity index is 5.51. The van der Waals surface area contributed by atoms with Crippen LogP contribution < -0.4 is 5.73 Å². The fraction of sp³-hybridized carbons (Fsp3) is 0.688. The molecule has 1 atom stereocenters. The first-order chi connectivity index (χ1) is 8.92. The van der Waals surface area contributed by atoms with Gasteiger partial charge in [0.2, 0.25) is 0 Å². The number of hydrogen-bond donors (Lipinski definition) is 1. The number of ketones is 1. The van der Waals surface area contributed by atoms with Crippen molar-refractivity contribution in [3.8, 4) is 0 Å². The molecule has 19 heavy (non-hydrogen) atoms. The first-order valence-corrected chi connectivity index (χ1v) is 7.28. The second-order valence-corrected chi connectivity index (χ2v) is 5.05. The van der Waals surface area contributed by atoms with Crippen molar-refractivity contribution < 1.29 is 4.79 Å². The molecule has 0 spiro atoms. The maximum Gasteiger partial charge on any atom is 0.160 e. The van der Waals surface area contributed by atoms with E-state index in [1.165, 1.54) is 0 Å². The van der Waals surface area contributed by atoms with Gasteiger partial charge in [0.25, 0.3) is 0 Å². The molecule has 0 aromatic rings. The summed E-state index contributed by atoms with van der Waals surface area (Å²) in [6, 6.07) is 0. The molecule has 2 N–H and O–H groups in total. The van der Waals surface area contributed by atoms with Crippen LogP contribution in [0, 0.1) is 5.92 Å². The van der Waals surface area contributed by atoms with Crippen molar-refractivity contribution in [3.05, 3.63) is 23.4 Å². The Morgan fingerprint density at radius 3 is 2.16 bits per heavy atom. The van der Waals surface area contributed by atoms with Crippen LogP contribution in [-0.4, -0.2) is 23.9 Å². The van der Waals surface area contributed by atoms with Crippen LogP contribution in [-0.2, 0) is 4.79 Å². The number of hydrogen-bond acceptors (Lipinski definition) is 3. The van der Waals surface area contributed by atoms with Gasteiger partial charge in [-0.1, -0.05) is 32.9 Å². The van der Waals surface area contributed by atoms with Crippen molar-refractivity contribution in [1.29, 1.82) is 0 Å². The van der Waals surface area contributed by atoms with Crippen molar-refractivity contribution in [2.24, 2.45) is 11.7 Å². The largest absolute Gasteiger partial charge is 0.362 e. The van der Waals surface area contributed by atoms with Gasteiger partial charge in [-0.3, -0.25) is 4.79 Å². The van der Waals surface area contributed by atoms with Crippen LogP contribution in [0.25, 0.3) is 0 Å². The Morgan fingerprint density at radius 1 is 1.26 bits per heavy atom. The Labute approximate surface area is 118 Å². The molecule has 0 bridgehead atoms. The number of allylic oxidation sites excluding steroid dienone is 3. The van der Waals surface area contributed by atoms with Crippen LogP contribution in [0.1, 0.15) is 53.9 Å². The van der Waals surface area contributed by atoms with E-state index in [1.54, 1.807) is 0 Å². The van der Waals surface area contributed by atoms with Gasteiger partial charge >= 0.3 is 0 Å². The molecule has 0 rings (SSSR count). The van der Waals surface area contributed by atoms with Crippen molar-refractivity contribution >= 4 is 5.78 Å². The first-order valence-electron chi connectivity index (χ1n) is 7.28. The molecule has 0 aliphatic rings. The molecular formula is C16H30N2O. The molecule has 0 saturated carbocycles. The number of carbonyl (C=O) groups excluding carboxylic acids is 1. The predicted molar refractivity (Wildman–Crippen MR) is 82.6 cm³/mol. The maximum atomic E-state index is 12.1. The van der Waals surface area contributed by atoms with Crippen LogP contribution in [0.5, 0.6) is 0 Å². The van der Waals surface area contributed by atoms with Crippen molar-refractivity contribution in [1.82, 2.24) is 4.90 Å². The van der Waals surface area contributed by atoms with Crippen molar-refractivity contribution in [2.75, 3.05) is 13.2 Å². The van der Waals surface area contributed by atoms with Gasteiger partial charge in [-0.2, -0.15) is 0 Å². The summed E-state index contributed by atoms with van der Waals surface area (Å²) in [5, 5.41) is 0. The van der Waals surface area contributed by atoms with Crippen LogP contribution >= 0.6 is 0 Å². The third-order valence-corrected chi connectivity index (χ3v) is 3.68. The SMILES string of the molecule is C=C(C)C(C)CC(=C(CC)C(=O)CC)N(CC)CN. The molecule has 0 heterocycles. The number of carbonyl (C=O) groups is 1. The summed E-state index contributed by atoms with van der Waals surface area (Å²) in [5.74, 6) is 0.597. The fourth-order valence-corrected chi connectivity index (χ4v) is 2.11. The average molecular weight is 266 g/mol. The summed E-state index contributed by atoms with van der Waals surface area (Å²) in [4.78, 5) is 14.2. The topological polar surface area (TPSA) is 46.3 Å². The highest BCUT2D eigenvalue weighted by atomic mass is 16.1. The smallest absolute Gasteiger partial charge is 0.160 e. The van der Waals surface area contributed by atoms with Gasteiger partial charge in [-0.05, 0) is 32.6 Å². The quantitative estimate of drug-likeness (QED) is 0.395. The number of Topliss-reactive ketones (excluding diaryl/α,β-unsaturated/α-hetero) is 1. The third kappa shape index (κ3) is 5.19. The lowest BCUT2D eigenvalue weighted by Gasteiger charge is -2.29. The first kappa shape index (κ1) is 17.9. The van der Waals surface area contributed by atoms with E-state index in [0.717, 1.165) is 36.2 Å². The molecule has 3 nitrogen and oxygen atoms in total. The van der Waals surface area contributed by atoms with E-state index < -0.39 is 0 Å². The Bertz CT molecular complexity index is 341. The summed E-state index contributed by atoms with van der Waals surface area (Å²) in [5.41, 5.74) is 9.01. The molecule has 110 valence electrons. The van der Waals surface area contributed by atoms with Crippen molar-refractivity contribution in [2.45, 2.75) is 53.9 Å². The molecule has 0 fully saturated rings. The molecule has 0 amide bonds. The summed E-state index contributed by atoms with van der Waals surface area (Å²) in [7, 11) is 0. The van der Waals surface area contributed by atoms with Gasteiger partial charge in [0, 0.05) is 24.2 Å². The lowest BCUT2D eigenvalue weighted by Crippen LogP contribution is -2.32. The molecule has 0 aliphatic heterocycles. The number of rotatable bonds is 9. The van der Waals surface area contributed by atoms with E-state index in [1.807, 2.05) is 20.8 Å². The molecule has 0 aliphatic carbocycles. The zero-order chi connectivity index (χ0) is 15.0. The van der Waals surface area contributed by atoms with E-state index in [9.17, 15) is 4.79 Å². The minimum atomic E-state index is 0.235. The van der Waals surface area contributed by atoms with Gasteiger partial charge in [0.15, 0.2) is 5.78 Å². The minimum Gasteiger partial charge on any atom is -0.362 e. The van der Waals surface area contributed by atoms with Crippen LogP contribution in [0.15, 0.2) is 23.4 Å². The maximum absolute atomic E-state index is 12.1. The van der Waals surface area contributed by atoms with E-state index in [0.29, 0.717) is 19.0 Å². The molecule has 3 heteroatoms. The zero-order valence-corrected chi connectivity index (χ0v) is 13.3. The van der Waals surface area contributed by atoms with E-state index in [2.05, 4.69) is 25.3 Å². The van der Waals surface area contributed by atoms with Crippen LogP contribution in [0.2, 0.25) is 0 Å². The Hall–Kier alpha value is -1.09. The summed E-state index contributed by atoms with van der Waals surface area (Å²) in [6.45, 7) is 15.5. The van der Waals surface area contributed by atoms with Gasteiger partial charge < -0.3 is 10.6 Å². The second kappa shape index (κ2) is 8.92. The summed E-state index contributed by atoms with van der Waals surface area (Å²) >= 11 is 0. The Kier molecular flexibility index (Phi) is 8.41. The monoisotopic (exact) mass is 266 g/mol. The molecule has 0 aromatic heterocycles. The van der Waals surface area contributed by atoms with E-state index in [-0.39, 0.29) is 5.78 Å². The van der Waals surface area contributed by atoms with Crippen LogP contribution in [0.4, 0.5) is 0 Å². The highest BCUT2D eigenvalue weighted by Crippen LogP contribution is 2.25. The fourth-order valence-electron chi connectivity index (χ4n) is 2.11. The number of nitrogens with two attached hydrogens (primary N) is 1. The molecule has 0 radical (unpaired) electrons. The highest BCUT2D eigenvalue weighted by Gasteiger charge is 2.19. The third-order valence-electron chi connectivity index (χ3n) is 3.68.